The van der Waals surface area contributed by atoms with E-state index in [1.54, 1.807) is 0 Å². The molecule has 112 valence electrons. The summed E-state index contributed by atoms with van der Waals surface area (Å²) in [5.41, 5.74) is 1.90. The first-order chi connectivity index (χ1) is 10.1. The van der Waals surface area contributed by atoms with Gasteiger partial charge in [-0.1, -0.05) is 17.3 Å². The van der Waals surface area contributed by atoms with Crippen LogP contribution in [0.5, 0.6) is 5.75 Å². The Hall–Kier alpha value is -2.30. The molecule has 0 fully saturated rings. The summed E-state index contributed by atoms with van der Waals surface area (Å²) in [4.78, 5) is 11.1. The number of hydrogen-bond donors (Lipinski definition) is 0. The molecule has 1 aromatic heterocycles. The Labute approximate surface area is 123 Å². The number of esters is 1. The molecule has 0 radical (unpaired) electrons. The Morgan fingerprint density at radius 1 is 1.33 bits per heavy atom. The highest BCUT2D eigenvalue weighted by Gasteiger charge is 2.12. The maximum Gasteiger partial charge on any atom is 0.305 e. The Bertz CT molecular complexity index is 589. The molecule has 0 spiro atoms. The normalized spacial score (nSPS) is 12.0. The number of aromatic nitrogens is 1. The number of aryl methyl sites for hydroxylation is 2. The van der Waals surface area contributed by atoms with Crippen LogP contribution in [0, 0.1) is 6.92 Å². The standard InChI is InChI=1S/C16H19NO4/c1-11-10-15(21-17-11)12(2)20-14-7-4-13(5-8-14)6-9-16(18)19-3/h4-5,7-8,10,12H,6,9H2,1-3H3. The fourth-order valence-corrected chi connectivity index (χ4v) is 1.92. The fraction of sp³-hybridized carbons (Fsp3) is 0.375. The van der Waals surface area contributed by atoms with Crippen LogP contribution in [0.25, 0.3) is 0 Å². The molecular formula is C16H19NO4. The average molecular weight is 289 g/mol. The van der Waals surface area contributed by atoms with E-state index in [4.69, 9.17) is 9.26 Å². The molecule has 0 amide bonds. The molecule has 2 rings (SSSR count). The molecule has 5 heteroatoms. The number of hydrogen-bond acceptors (Lipinski definition) is 5. The van der Waals surface area contributed by atoms with Crippen molar-refractivity contribution in [1.82, 2.24) is 5.16 Å². The van der Waals surface area contributed by atoms with E-state index in [-0.39, 0.29) is 12.1 Å². The lowest BCUT2D eigenvalue weighted by Gasteiger charge is -2.12. The quantitative estimate of drug-likeness (QED) is 0.764. The van der Waals surface area contributed by atoms with Crippen LogP contribution >= 0.6 is 0 Å². The second kappa shape index (κ2) is 6.92. The molecule has 0 aliphatic rings. The number of benzene rings is 1. The van der Waals surface area contributed by atoms with Crippen LogP contribution in [-0.2, 0) is 16.0 Å². The van der Waals surface area contributed by atoms with Gasteiger partial charge in [-0.25, -0.2) is 0 Å². The van der Waals surface area contributed by atoms with Crippen molar-refractivity contribution in [3.05, 3.63) is 47.3 Å². The lowest BCUT2D eigenvalue weighted by Crippen LogP contribution is -2.03. The van der Waals surface area contributed by atoms with E-state index >= 15 is 0 Å². The van der Waals surface area contributed by atoms with Gasteiger partial charge >= 0.3 is 5.97 Å². The minimum absolute atomic E-state index is 0.202. The van der Waals surface area contributed by atoms with Crippen LogP contribution < -0.4 is 4.74 Å². The molecule has 1 unspecified atom stereocenters. The lowest BCUT2D eigenvalue weighted by atomic mass is 10.1. The average Bonchev–Trinajstić information content (AvgIpc) is 2.93. The van der Waals surface area contributed by atoms with E-state index < -0.39 is 0 Å². The molecular weight excluding hydrogens is 270 g/mol. The van der Waals surface area contributed by atoms with Gasteiger partial charge in [0, 0.05) is 12.5 Å². The molecule has 0 bridgehead atoms. The summed E-state index contributed by atoms with van der Waals surface area (Å²) in [6.45, 7) is 3.78. The number of carbonyl (C=O) groups excluding carboxylic acids is 1. The van der Waals surface area contributed by atoms with Gasteiger partial charge in [0.2, 0.25) is 0 Å². The van der Waals surface area contributed by atoms with Crippen molar-refractivity contribution in [2.45, 2.75) is 32.8 Å². The van der Waals surface area contributed by atoms with Crippen LogP contribution in [0.4, 0.5) is 0 Å². The van der Waals surface area contributed by atoms with Gasteiger partial charge in [0.05, 0.1) is 12.8 Å². The van der Waals surface area contributed by atoms with Crippen LogP contribution in [-0.4, -0.2) is 18.2 Å². The lowest BCUT2D eigenvalue weighted by molar-refractivity contribution is -0.140. The fourth-order valence-electron chi connectivity index (χ4n) is 1.92. The van der Waals surface area contributed by atoms with Crippen molar-refractivity contribution in [2.24, 2.45) is 0 Å². The van der Waals surface area contributed by atoms with Gasteiger partial charge in [0.1, 0.15) is 5.75 Å². The van der Waals surface area contributed by atoms with Gasteiger partial charge in [-0.3, -0.25) is 4.79 Å². The highest BCUT2D eigenvalue weighted by atomic mass is 16.5. The van der Waals surface area contributed by atoms with Crippen molar-refractivity contribution in [3.8, 4) is 5.75 Å². The number of rotatable bonds is 6. The Morgan fingerprint density at radius 3 is 2.62 bits per heavy atom. The SMILES string of the molecule is COC(=O)CCc1ccc(OC(C)c2cc(C)no2)cc1. The van der Waals surface area contributed by atoms with E-state index in [0.717, 1.165) is 17.0 Å². The minimum atomic E-state index is -0.204. The number of ether oxygens (including phenoxy) is 2. The van der Waals surface area contributed by atoms with Gasteiger partial charge in [0.15, 0.2) is 11.9 Å². The molecule has 0 aliphatic carbocycles. The van der Waals surface area contributed by atoms with Crippen LogP contribution in [0.2, 0.25) is 0 Å². The molecule has 2 aromatic rings. The summed E-state index contributed by atoms with van der Waals surface area (Å²) in [7, 11) is 1.39. The van der Waals surface area contributed by atoms with Crippen molar-refractivity contribution in [3.63, 3.8) is 0 Å². The second-order valence-corrected chi connectivity index (χ2v) is 4.85. The van der Waals surface area contributed by atoms with Gasteiger partial charge in [0.25, 0.3) is 0 Å². The predicted octanol–water partition coefficient (Wildman–Crippen LogP) is 3.23. The maximum absolute atomic E-state index is 11.1. The zero-order chi connectivity index (χ0) is 15.2. The predicted molar refractivity (Wildman–Crippen MR) is 77.1 cm³/mol. The van der Waals surface area contributed by atoms with Crippen molar-refractivity contribution >= 4 is 5.97 Å². The molecule has 0 aliphatic heterocycles. The Balaban J connectivity index is 1.91. The summed E-state index contributed by atoms with van der Waals surface area (Å²) in [6.07, 6.45) is 0.834. The molecule has 0 saturated carbocycles. The molecule has 1 atom stereocenters. The van der Waals surface area contributed by atoms with Crippen molar-refractivity contribution < 1.29 is 18.8 Å². The smallest absolute Gasteiger partial charge is 0.305 e. The Kier molecular flexibility index (Phi) is 4.98. The van der Waals surface area contributed by atoms with Crippen LogP contribution in [0.15, 0.2) is 34.9 Å². The monoisotopic (exact) mass is 289 g/mol. The highest BCUT2D eigenvalue weighted by molar-refractivity contribution is 5.69. The molecule has 1 aromatic carbocycles. The van der Waals surface area contributed by atoms with Gasteiger partial charge in [-0.15, -0.1) is 0 Å². The first-order valence-corrected chi connectivity index (χ1v) is 6.84. The minimum Gasteiger partial charge on any atom is -0.483 e. The molecule has 1 heterocycles. The van der Waals surface area contributed by atoms with Crippen molar-refractivity contribution in [1.29, 1.82) is 0 Å². The topological polar surface area (TPSA) is 61.6 Å². The van der Waals surface area contributed by atoms with Gasteiger partial charge < -0.3 is 14.0 Å². The van der Waals surface area contributed by atoms with E-state index in [9.17, 15) is 4.79 Å². The molecule has 0 N–H and O–H groups in total. The van der Waals surface area contributed by atoms with E-state index in [1.807, 2.05) is 44.2 Å². The van der Waals surface area contributed by atoms with Crippen molar-refractivity contribution in [2.75, 3.05) is 7.11 Å². The zero-order valence-electron chi connectivity index (χ0n) is 12.5. The third-order valence-electron chi connectivity index (χ3n) is 3.13. The molecule has 5 nitrogen and oxygen atoms in total. The first kappa shape index (κ1) is 15.1. The third kappa shape index (κ3) is 4.34. The summed E-state index contributed by atoms with van der Waals surface area (Å²) < 4.78 is 15.6. The third-order valence-corrected chi connectivity index (χ3v) is 3.13. The summed E-state index contributed by atoms with van der Waals surface area (Å²) in [6, 6.07) is 9.50. The van der Waals surface area contributed by atoms with Crippen LogP contribution in [0.3, 0.4) is 0 Å². The van der Waals surface area contributed by atoms with Gasteiger partial charge in [-0.05, 0) is 38.0 Å². The number of methoxy groups -OCH3 is 1. The summed E-state index contributed by atoms with van der Waals surface area (Å²) in [5.74, 6) is 1.24. The Morgan fingerprint density at radius 2 is 2.05 bits per heavy atom. The summed E-state index contributed by atoms with van der Waals surface area (Å²) >= 11 is 0. The van der Waals surface area contributed by atoms with Gasteiger partial charge in [-0.2, -0.15) is 0 Å². The first-order valence-electron chi connectivity index (χ1n) is 6.84. The largest absolute Gasteiger partial charge is 0.483 e. The molecule has 0 saturated heterocycles. The summed E-state index contributed by atoms with van der Waals surface area (Å²) in [5, 5.41) is 3.84. The maximum atomic E-state index is 11.1. The van der Waals surface area contributed by atoms with E-state index in [0.29, 0.717) is 18.6 Å². The van der Waals surface area contributed by atoms with E-state index in [1.165, 1.54) is 7.11 Å². The number of nitrogens with zero attached hydrogens (tertiary/aromatic N) is 1. The zero-order valence-corrected chi connectivity index (χ0v) is 12.5. The second-order valence-electron chi connectivity index (χ2n) is 4.85. The molecule has 21 heavy (non-hydrogen) atoms. The van der Waals surface area contributed by atoms with Crippen LogP contribution in [0.1, 0.15) is 36.5 Å². The van der Waals surface area contributed by atoms with E-state index in [2.05, 4.69) is 9.89 Å². The number of carbonyl (C=O) groups is 1. The highest BCUT2D eigenvalue weighted by Crippen LogP contribution is 2.22.